The van der Waals surface area contributed by atoms with E-state index in [-0.39, 0.29) is 0 Å². The Morgan fingerprint density at radius 2 is 1.69 bits per heavy atom. The molecule has 4 rings (SSSR count). The van der Waals surface area contributed by atoms with Gasteiger partial charge in [0.25, 0.3) is 0 Å². The van der Waals surface area contributed by atoms with Crippen molar-refractivity contribution >= 4 is 28.9 Å². The van der Waals surface area contributed by atoms with Crippen LogP contribution >= 0.6 is 17.0 Å². The maximum absolute atomic E-state index is 10.1. The molecule has 26 heavy (non-hydrogen) atoms. The van der Waals surface area contributed by atoms with E-state index in [0.717, 1.165) is 23.2 Å². The number of phenolic OH excluding ortho intramolecular Hbond substituents is 1. The minimum absolute atomic E-state index is 0.296. The van der Waals surface area contributed by atoms with Gasteiger partial charge in [-0.25, -0.2) is 0 Å². The van der Waals surface area contributed by atoms with E-state index >= 15 is 0 Å². The van der Waals surface area contributed by atoms with Gasteiger partial charge >= 0.3 is 37.9 Å². The molecule has 3 aromatic carbocycles. The number of aryl methyl sites for hydroxylation is 1. The molecule has 0 amide bonds. The second kappa shape index (κ2) is 8.99. The molecule has 5 heteroatoms. The first kappa shape index (κ1) is 19.4. The van der Waals surface area contributed by atoms with Gasteiger partial charge in [0.1, 0.15) is 5.75 Å². The van der Waals surface area contributed by atoms with Gasteiger partial charge in [-0.05, 0) is 59.4 Å². The Morgan fingerprint density at radius 3 is 2.50 bits per heavy atom. The third-order valence-corrected chi connectivity index (χ3v) is 4.40. The van der Waals surface area contributed by atoms with Crippen molar-refractivity contribution in [2.24, 2.45) is 4.99 Å². The van der Waals surface area contributed by atoms with E-state index in [4.69, 9.17) is 17.0 Å². The summed E-state index contributed by atoms with van der Waals surface area (Å²) in [6, 6.07) is 20.5. The van der Waals surface area contributed by atoms with Crippen molar-refractivity contribution in [3.63, 3.8) is 0 Å². The van der Waals surface area contributed by atoms with Crippen molar-refractivity contribution in [1.82, 2.24) is 0 Å². The fraction of sp³-hybridized carbons (Fsp3) is 0.0952. The number of fused-ring (bicyclic) bond motifs is 3. The van der Waals surface area contributed by atoms with Crippen molar-refractivity contribution in [3.8, 4) is 16.9 Å². The molecular weight excluding hydrogens is 444 g/mol. The third kappa shape index (κ3) is 4.28. The van der Waals surface area contributed by atoms with Crippen LogP contribution in [-0.4, -0.2) is 11.3 Å². The van der Waals surface area contributed by atoms with Crippen LogP contribution in [0.1, 0.15) is 22.3 Å². The quantitative estimate of drug-likeness (QED) is 0.344. The molecule has 0 spiro atoms. The molecule has 0 saturated carbocycles. The van der Waals surface area contributed by atoms with Crippen LogP contribution in [0.25, 0.3) is 11.1 Å². The zero-order chi connectivity index (χ0) is 18.5. The topological polar surface area (TPSA) is 32.6 Å². The zero-order valence-electron chi connectivity index (χ0n) is 14.2. The number of benzene rings is 3. The molecule has 0 saturated heterocycles. The van der Waals surface area contributed by atoms with E-state index in [1.54, 1.807) is 6.21 Å². The Balaban J connectivity index is 0.000000613. The van der Waals surface area contributed by atoms with Crippen LogP contribution in [0.15, 0.2) is 65.7 Å². The van der Waals surface area contributed by atoms with Gasteiger partial charge in [0, 0.05) is 11.8 Å². The fourth-order valence-electron chi connectivity index (χ4n) is 3.14. The van der Waals surface area contributed by atoms with Crippen molar-refractivity contribution in [2.75, 3.05) is 0 Å². The first-order valence-corrected chi connectivity index (χ1v) is 14.5. The second-order valence-electron chi connectivity index (χ2n) is 6.02. The maximum atomic E-state index is 10.1. The van der Waals surface area contributed by atoms with Crippen molar-refractivity contribution in [3.05, 3.63) is 82.9 Å². The first-order chi connectivity index (χ1) is 12.6. The van der Waals surface area contributed by atoms with Crippen LogP contribution in [0.2, 0.25) is 0 Å². The number of rotatable bonds is 2. The van der Waals surface area contributed by atoms with Crippen LogP contribution in [0.3, 0.4) is 0 Å². The molecule has 0 aromatic heterocycles. The molecule has 2 nitrogen and oxygen atoms in total. The molecule has 1 N–H and O–H groups in total. The summed E-state index contributed by atoms with van der Waals surface area (Å²) in [4.78, 5) is 4.53. The van der Waals surface area contributed by atoms with Crippen LogP contribution in [0.5, 0.6) is 5.75 Å². The van der Waals surface area contributed by atoms with E-state index in [2.05, 4.69) is 41.4 Å². The molecule has 1 aliphatic rings. The van der Waals surface area contributed by atoms with Gasteiger partial charge in [-0.1, -0.05) is 42.5 Å². The summed E-state index contributed by atoms with van der Waals surface area (Å²) in [5.41, 5.74) is 7.84. The number of aromatic hydroxyl groups is 1. The molecule has 0 radical (unpaired) electrons. The fourth-order valence-corrected chi connectivity index (χ4v) is 3.14. The summed E-state index contributed by atoms with van der Waals surface area (Å²) in [7, 11) is 9.87. The third-order valence-electron chi connectivity index (χ3n) is 4.40. The Morgan fingerprint density at radius 1 is 0.962 bits per heavy atom. The minimum atomic E-state index is -0.826. The van der Waals surface area contributed by atoms with Crippen molar-refractivity contribution < 1.29 is 26.0 Å². The number of phenols is 1. The van der Waals surface area contributed by atoms with Crippen LogP contribution in [-0.2, 0) is 27.3 Å². The molecule has 0 fully saturated rings. The van der Waals surface area contributed by atoms with Gasteiger partial charge < -0.3 is 5.11 Å². The Bertz CT molecular complexity index is 956. The summed E-state index contributed by atoms with van der Waals surface area (Å²) in [5.74, 6) is 0.296. The molecular formula is C21H17Cl2NOZr. The number of halogens is 2. The first-order valence-electron chi connectivity index (χ1n) is 8.14. The van der Waals surface area contributed by atoms with Gasteiger partial charge in [0.2, 0.25) is 0 Å². The zero-order valence-corrected chi connectivity index (χ0v) is 18.2. The van der Waals surface area contributed by atoms with Crippen molar-refractivity contribution in [1.29, 1.82) is 0 Å². The normalized spacial score (nSPS) is 11.5. The van der Waals surface area contributed by atoms with E-state index in [1.165, 1.54) is 22.3 Å². The monoisotopic (exact) mass is 459 g/mol. The van der Waals surface area contributed by atoms with E-state index < -0.39 is 20.8 Å². The molecule has 3 aromatic rings. The molecule has 0 bridgehead atoms. The van der Waals surface area contributed by atoms with Gasteiger partial charge in [0.15, 0.2) is 0 Å². The van der Waals surface area contributed by atoms with Crippen molar-refractivity contribution in [2.45, 2.75) is 13.3 Å². The molecule has 0 unspecified atom stereocenters. The molecule has 0 aliphatic heterocycles. The summed E-state index contributed by atoms with van der Waals surface area (Å²) in [6.45, 7) is 1.89. The number of aliphatic imine (C=N–C) groups is 1. The van der Waals surface area contributed by atoms with Gasteiger partial charge in [-0.15, -0.1) is 0 Å². The Hall–Kier alpha value is -1.41. The number of hydrogen-bond donors (Lipinski definition) is 1. The number of para-hydroxylation sites is 1. The number of nitrogens with zero attached hydrogens (tertiary/aromatic N) is 1. The molecule has 0 atom stereocenters. The average molecular weight is 462 g/mol. The Labute approximate surface area is 172 Å². The molecule has 1 aliphatic carbocycles. The standard InChI is InChI=1S/C21H17NO.2ClH.Zr/c1-14-5-4-7-16(21(14)23)13-22-18-9-10-20-17(12-18)11-15-6-2-3-8-19(15)20;;;/h2-10,12-13,23H,11H2,1H3;2*1H;/q;;;+2/p-2. The molecule has 0 heterocycles. The van der Waals surface area contributed by atoms with Crippen LogP contribution < -0.4 is 0 Å². The van der Waals surface area contributed by atoms with E-state index in [9.17, 15) is 5.11 Å². The molecule has 130 valence electrons. The SMILES string of the molecule is Cc1cccc(C=Nc2ccc3c(c2)Cc2ccccc2-3)c1O.[Cl][Zr][Cl]. The summed E-state index contributed by atoms with van der Waals surface area (Å²) in [6.07, 6.45) is 2.69. The van der Waals surface area contributed by atoms with Crippen LogP contribution in [0.4, 0.5) is 5.69 Å². The van der Waals surface area contributed by atoms with Crippen LogP contribution in [0, 0.1) is 6.92 Å². The van der Waals surface area contributed by atoms with Gasteiger partial charge in [-0.2, -0.15) is 0 Å². The predicted molar refractivity (Wildman–Crippen MR) is 106 cm³/mol. The van der Waals surface area contributed by atoms with E-state index in [0.29, 0.717) is 5.75 Å². The van der Waals surface area contributed by atoms with Gasteiger partial charge in [0.05, 0.1) is 5.69 Å². The van der Waals surface area contributed by atoms with Gasteiger partial charge in [-0.3, -0.25) is 4.99 Å². The number of hydrogen-bond acceptors (Lipinski definition) is 2. The average Bonchev–Trinajstić information content (AvgIpc) is 3.01. The summed E-state index contributed by atoms with van der Waals surface area (Å²) in [5, 5.41) is 10.1. The summed E-state index contributed by atoms with van der Waals surface area (Å²) < 4.78 is 0. The second-order valence-corrected chi connectivity index (χ2v) is 9.75. The predicted octanol–water partition coefficient (Wildman–Crippen LogP) is 6.40. The van der Waals surface area contributed by atoms with E-state index in [1.807, 2.05) is 31.2 Å². The summed E-state index contributed by atoms with van der Waals surface area (Å²) >= 11 is -0.826. The Kier molecular flexibility index (Phi) is 6.70.